The standard InChI is InChI=1S/C30H50BF3N2O5Si2/c1-28(2)18-40-31(41-19-28)23-14-24(30(32,33)34)26-25(15-23)36(20-37-10-12-42(4,5)6)27(35-26)22-16-29(3,17-22)39-21-38-11-13-43(7,8)9/h14-15,22H,10-13,16-21H2,1-9H3. The molecule has 43 heavy (non-hydrogen) atoms. The average molecular weight is 643 g/mol. The Morgan fingerprint density at radius 1 is 0.953 bits per heavy atom. The molecule has 4 rings (SSSR count). The number of halogens is 3. The Bertz CT molecular complexity index is 1240. The molecule has 1 aliphatic heterocycles. The number of imidazole rings is 1. The molecule has 1 aromatic carbocycles. The lowest BCUT2D eigenvalue weighted by molar-refractivity contribution is -0.171. The number of hydrogen-bond donors (Lipinski definition) is 0. The SMILES string of the molecule is CC1(C)COB(c2cc(C(F)(F)F)c3nc(C4CC(C)(OCOCC[Si](C)(C)C)C4)n(COCC[Si](C)(C)C)c3c2)OC1. The largest absolute Gasteiger partial charge is 0.493 e. The van der Waals surface area contributed by atoms with Gasteiger partial charge in [-0.2, -0.15) is 13.2 Å². The van der Waals surface area contributed by atoms with Gasteiger partial charge in [-0.15, -0.1) is 0 Å². The molecule has 0 N–H and O–H groups in total. The maximum atomic E-state index is 14.5. The van der Waals surface area contributed by atoms with Gasteiger partial charge in [-0.3, -0.25) is 0 Å². The molecule has 13 heteroatoms. The highest BCUT2D eigenvalue weighted by Gasteiger charge is 2.46. The van der Waals surface area contributed by atoms with Crippen molar-refractivity contribution in [1.82, 2.24) is 9.55 Å². The molecule has 242 valence electrons. The summed E-state index contributed by atoms with van der Waals surface area (Å²) < 4.78 is 75.0. The number of nitrogens with zero attached hydrogens (tertiary/aromatic N) is 2. The van der Waals surface area contributed by atoms with Crippen molar-refractivity contribution in [2.75, 3.05) is 33.2 Å². The Balaban J connectivity index is 1.60. The zero-order chi connectivity index (χ0) is 31.8. The summed E-state index contributed by atoms with van der Waals surface area (Å²) in [7, 11) is -3.41. The number of ether oxygens (including phenoxy) is 3. The Morgan fingerprint density at radius 3 is 2.09 bits per heavy atom. The second-order valence-corrected chi connectivity index (χ2v) is 27.1. The van der Waals surface area contributed by atoms with Crippen LogP contribution in [0.15, 0.2) is 12.1 Å². The van der Waals surface area contributed by atoms with Crippen LogP contribution in [0, 0.1) is 5.41 Å². The fraction of sp³-hybridized carbons (Fsp3) is 0.767. The molecule has 0 atom stereocenters. The third-order valence-electron chi connectivity index (χ3n) is 8.16. The summed E-state index contributed by atoms with van der Waals surface area (Å²) in [5.41, 5.74) is -0.754. The van der Waals surface area contributed by atoms with E-state index in [9.17, 15) is 13.2 Å². The predicted molar refractivity (Wildman–Crippen MR) is 170 cm³/mol. The minimum absolute atomic E-state index is 0.0625. The van der Waals surface area contributed by atoms with Gasteiger partial charge in [-0.25, -0.2) is 4.98 Å². The zero-order valence-corrected chi connectivity index (χ0v) is 29.5. The van der Waals surface area contributed by atoms with Crippen molar-refractivity contribution in [1.29, 1.82) is 0 Å². The van der Waals surface area contributed by atoms with E-state index >= 15 is 0 Å². The minimum Gasteiger partial charge on any atom is -0.407 e. The van der Waals surface area contributed by atoms with E-state index in [1.807, 2.05) is 25.3 Å². The number of fused-ring (bicyclic) bond motifs is 1. The topological polar surface area (TPSA) is 64.0 Å². The molecule has 1 aliphatic carbocycles. The van der Waals surface area contributed by atoms with Crippen LogP contribution in [0.5, 0.6) is 0 Å². The van der Waals surface area contributed by atoms with E-state index in [4.69, 9.17) is 23.5 Å². The number of hydrogen-bond acceptors (Lipinski definition) is 6. The molecule has 2 fully saturated rings. The first-order chi connectivity index (χ1) is 19.8. The van der Waals surface area contributed by atoms with E-state index in [1.165, 1.54) is 0 Å². The van der Waals surface area contributed by atoms with Crippen LogP contribution in [0.2, 0.25) is 51.4 Å². The fourth-order valence-corrected chi connectivity index (χ4v) is 6.90. The van der Waals surface area contributed by atoms with Gasteiger partial charge in [0.1, 0.15) is 24.9 Å². The Hall–Kier alpha value is -1.22. The van der Waals surface area contributed by atoms with E-state index < -0.39 is 40.6 Å². The lowest BCUT2D eigenvalue weighted by Gasteiger charge is -2.44. The van der Waals surface area contributed by atoms with Gasteiger partial charge >= 0.3 is 13.3 Å². The van der Waals surface area contributed by atoms with Crippen molar-refractivity contribution in [2.45, 2.75) is 109 Å². The summed E-state index contributed by atoms with van der Waals surface area (Å²) in [5, 5.41) is 0. The van der Waals surface area contributed by atoms with Crippen molar-refractivity contribution in [3.8, 4) is 0 Å². The molecular weight excluding hydrogens is 592 g/mol. The van der Waals surface area contributed by atoms with Gasteiger partial charge in [0, 0.05) is 53.9 Å². The van der Waals surface area contributed by atoms with E-state index in [0.29, 0.717) is 56.1 Å². The van der Waals surface area contributed by atoms with Gasteiger partial charge in [-0.05, 0) is 49.4 Å². The lowest BCUT2D eigenvalue weighted by atomic mass is 9.71. The molecule has 0 unspecified atom stereocenters. The molecule has 2 aliphatic rings. The van der Waals surface area contributed by atoms with Gasteiger partial charge in [0.15, 0.2) is 0 Å². The van der Waals surface area contributed by atoms with Crippen molar-refractivity contribution in [2.24, 2.45) is 5.41 Å². The molecule has 0 radical (unpaired) electrons. The van der Waals surface area contributed by atoms with E-state index in [0.717, 1.165) is 18.2 Å². The molecule has 2 heterocycles. The first-order valence-corrected chi connectivity index (χ1v) is 22.8. The summed E-state index contributed by atoms with van der Waals surface area (Å²) in [6.45, 7) is 22.1. The normalized spacial score (nSPS) is 23.2. The van der Waals surface area contributed by atoms with Gasteiger partial charge in [-0.1, -0.05) is 53.1 Å². The summed E-state index contributed by atoms with van der Waals surface area (Å²) >= 11 is 0. The zero-order valence-electron chi connectivity index (χ0n) is 27.5. The minimum atomic E-state index is -4.60. The van der Waals surface area contributed by atoms with E-state index in [1.54, 1.807) is 6.07 Å². The highest BCUT2D eigenvalue weighted by atomic mass is 28.3. The van der Waals surface area contributed by atoms with Crippen molar-refractivity contribution in [3.63, 3.8) is 0 Å². The second kappa shape index (κ2) is 12.9. The Kier molecular flexibility index (Phi) is 10.4. The average Bonchev–Trinajstić information content (AvgIpc) is 3.20. The Labute approximate surface area is 257 Å². The highest BCUT2D eigenvalue weighted by molar-refractivity contribution is 6.76. The molecule has 2 aromatic rings. The molecular formula is C30H50BF3N2O5Si2. The summed E-state index contributed by atoms with van der Waals surface area (Å²) in [6, 6.07) is 4.88. The smallest absolute Gasteiger partial charge is 0.407 e. The van der Waals surface area contributed by atoms with E-state index in [-0.39, 0.29) is 30.4 Å². The maximum absolute atomic E-state index is 14.5. The first-order valence-electron chi connectivity index (χ1n) is 15.4. The first kappa shape index (κ1) is 34.6. The molecule has 7 nitrogen and oxygen atoms in total. The van der Waals surface area contributed by atoms with E-state index in [2.05, 4.69) is 44.3 Å². The van der Waals surface area contributed by atoms with Crippen molar-refractivity contribution in [3.05, 3.63) is 23.5 Å². The maximum Gasteiger partial charge on any atom is 0.493 e. The number of alkyl halides is 3. The van der Waals surface area contributed by atoms with Crippen LogP contribution in [-0.2, 0) is 36.4 Å². The monoisotopic (exact) mass is 642 g/mol. The quantitative estimate of drug-likeness (QED) is 0.132. The molecule has 0 amide bonds. The third-order valence-corrected chi connectivity index (χ3v) is 11.6. The number of aromatic nitrogens is 2. The molecule has 1 saturated heterocycles. The lowest BCUT2D eigenvalue weighted by Crippen LogP contribution is -2.47. The number of benzene rings is 1. The van der Waals surface area contributed by atoms with Crippen LogP contribution >= 0.6 is 0 Å². The summed E-state index contributed by atoms with van der Waals surface area (Å²) in [6.07, 6.45) is -3.32. The summed E-state index contributed by atoms with van der Waals surface area (Å²) in [5.74, 6) is 0.533. The molecule has 1 aromatic heterocycles. The van der Waals surface area contributed by atoms with Crippen LogP contribution in [0.1, 0.15) is 50.9 Å². The molecule has 0 spiro atoms. The fourth-order valence-electron chi connectivity index (χ4n) is 5.39. The van der Waals surface area contributed by atoms with Crippen LogP contribution in [0.3, 0.4) is 0 Å². The predicted octanol–water partition coefficient (Wildman–Crippen LogP) is 7.10. The van der Waals surface area contributed by atoms with Gasteiger partial charge in [0.25, 0.3) is 0 Å². The van der Waals surface area contributed by atoms with Gasteiger partial charge in [0.2, 0.25) is 0 Å². The third kappa shape index (κ3) is 9.40. The Morgan fingerprint density at radius 2 is 1.53 bits per heavy atom. The summed E-state index contributed by atoms with van der Waals surface area (Å²) in [4.78, 5) is 4.65. The van der Waals surface area contributed by atoms with Gasteiger partial charge in [0.05, 0.1) is 16.7 Å². The highest BCUT2D eigenvalue weighted by Crippen LogP contribution is 2.48. The van der Waals surface area contributed by atoms with Crippen LogP contribution in [0.25, 0.3) is 11.0 Å². The van der Waals surface area contributed by atoms with Gasteiger partial charge < -0.3 is 28.1 Å². The second-order valence-electron chi connectivity index (χ2n) is 15.8. The van der Waals surface area contributed by atoms with Crippen LogP contribution in [-0.4, -0.2) is 71.6 Å². The number of rotatable bonds is 13. The molecule has 1 saturated carbocycles. The molecule has 0 bridgehead atoms. The van der Waals surface area contributed by atoms with Crippen LogP contribution < -0.4 is 5.46 Å². The van der Waals surface area contributed by atoms with Crippen molar-refractivity contribution >= 4 is 39.8 Å². The van der Waals surface area contributed by atoms with Crippen LogP contribution in [0.4, 0.5) is 13.2 Å². The van der Waals surface area contributed by atoms with Crippen molar-refractivity contribution < 1.29 is 36.7 Å².